The van der Waals surface area contributed by atoms with Crippen molar-refractivity contribution in [3.8, 4) is 0 Å². The molecule has 1 heterocycles. The number of nitro groups is 1. The van der Waals surface area contributed by atoms with Gasteiger partial charge in [0.05, 0.1) is 12.8 Å². The third-order valence-electron chi connectivity index (χ3n) is 2.35. The van der Waals surface area contributed by atoms with E-state index in [1.54, 1.807) is 0 Å². The van der Waals surface area contributed by atoms with Crippen LogP contribution in [0.5, 0.6) is 0 Å². The van der Waals surface area contributed by atoms with Gasteiger partial charge < -0.3 is 25.1 Å². The lowest BCUT2D eigenvalue weighted by atomic mass is 10.2. The van der Waals surface area contributed by atoms with Crippen molar-refractivity contribution in [3.63, 3.8) is 0 Å². The van der Waals surface area contributed by atoms with E-state index >= 15 is 0 Å². The van der Waals surface area contributed by atoms with Gasteiger partial charge in [-0.15, -0.1) is 0 Å². The van der Waals surface area contributed by atoms with E-state index in [9.17, 15) is 23.1 Å². The van der Waals surface area contributed by atoms with Gasteiger partial charge in [-0.2, -0.15) is 0 Å². The lowest BCUT2D eigenvalue weighted by molar-refractivity contribution is -0.447. The van der Waals surface area contributed by atoms with E-state index < -0.39 is 33.1 Å². The number of nitrogens with one attached hydrogen (secondary N) is 1. The van der Waals surface area contributed by atoms with Gasteiger partial charge in [-0.05, 0) is 11.8 Å². The van der Waals surface area contributed by atoms with Crippen LogP contribution in [0.1, 0.15) is 6.92 Å². The molecule has 0 amide bonds. The van der Waals surface area contributed by atoms with E-state index in [1.165, 1.54) is 6.92 Å². The minimum atomic E-state index is -4.56. The lowest BCUT2D eigenvalue weighted by Gasteiger charge is -2.32. The highest BCUT2D eigenvalue weighted by Gasteiger charge is 2.46. The zero-order chi connectivity index (χ0) is 13.3. The molecule has 0 aromatic carbocycles. The molecular formula is C7H12N3O6S-. The number of rotatable bonds is 5. The number of aliphatic hydroxyl groups is 1. The number of aliphatic hydroxyl groups excluding tert-OH is 1. The van der Waals surface area contributed by atoms with Gasteiger partial charge in [-0.25, -0.2) is 13.3 Å². The van der Waals surface area contributed by atoms with Crippen LogP contribution in [0.4, 0.5) is 0 Å². The van der Waals surface area contributed by atoms with Gasteiger partial charge in [-0.3, -0.25) is 0 Å². The summed E-state index contributed by atoms with van der Waals surface area (Å²) < 4.78 is 32.2. The van der Waals surface area contributed by atoms with E-state index in [-0.39, 0.29) is 12.4 Å². The number of hydrogen-bond donors (Lipinski definition) is 2. The molecule has 10 heteroatoms. The molecule has 9 nitrogen and oxygen atoms in total. The quantitative estimate of drug-likeness (QED) is 0.338. The highest BCUT2D eigenvalue weighted by molar-refractivity contribution is 7.85. The number of β-amino-alcohol motifs (C(OH)–C–C–N with tert-alkyl or cyclic N) is 1. The first kappa shape index (κ1) is 13.7. The van der Waals surface area contributed by atoms with Gasteiger partial charge >= 0.3 is 5.82 Å². The minimum absolute atomic E-state index is 0.147. The van der Waals surface area contributed by atoms with E-state index in [1.807, 2.05) is 0 Å². The summed E-state index contributed by atoms with van der Waals surface area (Å²) in [5.41, 5.74) is -1.41. The molecule has 0 fully saturated rings. The fraction of sp³-hybridized carbons (Fsp3) is 0.714. The monoisotopic (exact) mass is 266 g/mol. The van der Waals surface area contributed by atoms with Crippen LogP contribution in [-0.4, -0.2) is 52.5 Å². The smallest absolute Gasteiger partial charge is 0.336 e. The van der Waals surface area contributed by atoms with Crippen LogP contribution in [0.15, 0.2) is 12.0 Å². The molecule has 0 aromatic heterocycles. The third kappa shape index (κ3) is 3.05. The Balaban J connectivity index is 3.00. The molecule has 0 bridgehead atoms. The van der Waals surface area contributed by atoms with Crippen molar-refractivity contribution < 1.29 is 23.0 Å². The maximum atomic E-state index is 10.7. The summed E-state index contributed by atoms with van der Waals surface area (Å²) in [6.07, 6.45) is 1.01. The Labute approximate surface area is 97.6 Å². The average Bonchev–Trinajstić information content (AvgIpc) is 2.41. The van der Waals surface area contributed by atoms with E-state index in [4.69, 9.17) is 5.11 Å². The van der Waals surface area contributed by atoms with Crippen molar-refractivity contribution in [2.24, 2.45) is 0 Å². The molecule has 1 aliphatic rings. The summed E-state index contributed by atoms with van der Waals surface area (Å²) in [6.45, 7) is 0.790. The molecule has 1 aliphatic heterocycles. The molecular weight excluding hydrogens is 254 g/mol. The predicted molar refractivity (Wildman–Crippen MR) is 55.0 cm³/mol. The fourth-order valence-electron chi connectivity index (χ4n) is 1.71. The second-order valence-corrected chi connectivity index (χ2v) is 5.16. The fourth-order valence-corrected chi connectivity index (χ4v) is 2.63. The van der Waals surface area contributed by atoms with E-state index in [0.717, 1.165) is 11.1 Å². The Morgan fingerprint density at radius 2 is 2.24 bits per heavy atom. The van der Waals surface area contributed by atoms with Crippen LogP contribution in [0.25, 0.3) is 0 Å². The van der Waals surface area contributed by atoms with Crippen LogP contribution in [0.3, 0.4) is 0 Å². The first-order chi connectivity index (χ1) is 7.69. The molecule has 1 rings (SSSR count). The second kappa shape index (κ2) is 4.47. The lowest BCUT2D eigenvalue weighted by Crippen LogP contribution is -2.55. The molecule has 0 aliphatic carbocycles. The molecule has 17 heavy (non-hydrogen) atoms. The van der Waals surface area contributed by atoms with Crippen molar-refractivity contribution in [1.29, 1.82) is 0 Å². The maximum Gasteiger partial charge on any atom is 0.336 e. The van der Waals surface area contributed by atoms with Crippen molar-refractivity contribution in [1.82, 2.24) is 10.2 Å². The normalized spacial score (nSPS) is 24.4. The van der Waals surface area contributed by atoms with Crippen LogP contribution in [0.2, 0.25) is 0 Å². The molecule has 98 valence electrons. The molecule has 0 saturated carbocycles. The predicted octanol–water partition coefficient (Wildman–Crippen LogP) is -1.78. The van der Waals surface area contributed by atoms with Crippen LogP contribution >= 0.6 is 0 Å². The first-order valence-corrected chi connectivity index (χ1v) is 6.22. The summed E-state index contributed by atoms with van der Waals surface area (Å²) in [4.78, 5) is 11.0. The van der Waals surface area contributed by atoms with Gasteiger partial charge in [-0.1, -0.05) is 0 Å². The molecule has 0 radical (unpaired) electrons. The zero-order valence-electron chi connectivity index (χ0n) is 8.99. The Morgan fingerprint density at radius 3 is 2.65 bits per heavy atom. The standard InChI is InChI=1S/C7H13N3O6S/c1-7(5-17(14,15)16)8-4-6(10(12)13)9(7)2-3-11/h4,8,11H,2-3,5H2,1H3,(H,14,15,16)/p-1. The Bertz CT molecular complexity index is 447. The second-order valence-electron chi connectivity index (χ2n) is 3.76. The van der Waals surface area contributed by atoms with Crippen LogP contribution in [0, 0.1) is 10.1 Å². The Hall–Kier alpha value is -1.39. The summed E-state index contributed by atoms with van der Waals surface area (Å²) in [7, 11) is -4.56. The van der Waals surface area contributed by atoms with Crippen molar-refractivity contribution >= 4 is 10.1 Å². The number of hydrogen-bond acceptors (Lipinski definition) is 8. The van der Waals surface area contributed by atoms with Gasteiger partial charge in [0.15, 0.2) is 5.66 Å². The molecule has 1 atom stereocenters. The SMILES string of the molecule is CC1(CS(=O)(=O)[O-])NC=C([N+](=O)[O-])N1CCO. The summed E-state index contributed by atoms with van der Waals surface area (Å²) in [5, 5.41) is 22.0. The maximum absolute atomic E-state index is 10.7. The largest absolute Gasteiger partial charge is 0.748 e. The van der Waals surface area contributed by atoms with Crippen LogP contribution < -0.4 is 5.32 Å². The number of nitrogens with zero attached hydrogens (tertiary/aromatic N) is 2. The van der Waals surface area contributed by atoms with Gasteiger partial charge in [0.1, 0.15) is 22.4 Å². The topological polar surface area (TPSA) is 136 Å². The Morgan fingerprint density at radius 1 is 1.65 bits per heavy atom. The highest BCUT2D eigenvalue weighted by atomic mass is 32.2. The van der Waals surface area contributed by atoms with Crippen molar-refractivity contribution in [3.05, 3.63) is 22.1 Å². The van der Waals surface area contributed by atoms with Gasteiger partial charge in [0, 0.05) is 0 Å². The van der Waals surface area contributed by atoms with Crippen molar-refractivity contribution in [2.75, 3.05) is 18.9 Å². The van der Waals surface area contributed by atoms with E-state index in [0.29, 0.717) is 0 Å². The summed E-state index contributed by atoms with van der Waals surface area (Å²) >= 11 is 0. The average molecular weight is 266 g/mol. The first-order valence-electron chi connectivity index (χ1n) is 4.64. The minimum Gasteiger partial charge on any atom is -0.748 e. The zero-order valence-corrected chi connectivity index (χ0v) is 9.81. The van der Waals surface area contributed by atoms with Crippen LogP contribution in [-0.2, 0) is 10.1 Å². The molecule has 1 unspecified atom stereocenters. The summed E-state index contributed by atoms with van der Waals surface area (Å²) in [6, 6.07) is 0. The summed E-state index contributed by atoms with van der Waals surface area (Å²) in [5.74, 6) is -1.22. The third-order valence-corrected chi connectivity index (χ3v) is 3.27. The van der Waals surface area contributed by atoms with E-state index in [2.05, 4.69) is 5.32 Å². The Kier molecular flexibility index (Phi) is 3.59. The van der Waals surface area contributed by atoms with Crippen molar-refractivity contribution in [2.45, 2.75) is 12.6 Å². The molecule has 0 aromatic rings. The molecule has 0 saturated heterocycles. The molecule has 0 spiro atoms. The molecule has 2 N–H and O–H groups in total. The highest BCUT2D eigenvalue weighted by Crippen LogP contribution is 2.25. The van der Waals surface area contributed by atoms with Gasteiger partial charge in [0.25, 0.3) is 0 Å². The van der Waals surface area contributed by atoms with Gasteiger partial charge in [0.2, 0.25) is 0 Å².